The Kier molecular flexibility index (Phi) is 3.07. The Bertz CT molecular complexity index is 582. The molecule has 1 heterocycles. The van der Waals surface area contributed by atoms with E-state index in [9.17, 15) is 4.79 Å². The van der Waals surface area contributed by atoms with E-state index in [1.165, 1.54) is 6.26 Å². The van der Waals surface area contributed by atoms with Gasteiger partial charge in [-0.05, 0) is 50.1 Å². The molecule has 0 aliphatic carbocycles. The molecule has 17 heavy (non-hydrogen) atoms. The molecule has 0 amide bonds. The Morgan fingerprint density at radius 3 is 2.41 bits per heavy atom. The molecule has 0 unspecified atom stereocenters. The molecule has 3 heteroatoms. The summed E-state index contributed by atoms with van der Waals surface area (Å²) < 4.78 is 5.15. The number of furan rings is 1. The normalized spacial score (nSPS) is 10.6. The van der Waals surface area contributed by atoms with Crippen LogP contribution in [0.4, 0.5) is 0 Å². The van der Waals surface area contributed by atoms with Crippen molar-refractivity contribution < 1.29 is 9.21 Å². The highest BCUT2D eigenvalue weighted by atomic mass is 35.5. The lowest BCUT2D eigenvalue weighted by Gasteiger charge is -2.06. The lowest BCUT2D eigenvalue weighted by molar-refractivity contribution is 0.103. The van der Waals surface area contributed by atoms with Crippen LogP contribution in [0.25, 0.3) is 0 Å². The van der Waals surface area contributed by atoms with E-state index < -0.39 is 0 Å². The second-order valence-corrected chi connectivity index (χ2v) is 4.60. The van der Waals surface area contributed by atoms with Crippen LogP contribution in [-0.4, -0.2) is 5.78 Å². The zero-order valence-corrected chi connectivity index (χ0v) is 10.8. The maximum absolute atomic E-state index is 12.2. The summed E-state index contributed by atoms with van der Waals surface area (Å²) in [5.74, 6) is 0.704. The monoisotopic (exact) mass is 248 g/mol. The van der Waals surface area contributed by atoms with Crippen molar-refractivity contribution in [2.24, 2.45) is 0 Å². The summed E-state index contributed by atoms with van der Waals surface area (Å²) in [6.07, 6.45) is 1.49. The molecule has 0 radical (unpaired) electrons. The summed E-state index contributed by atoms with van der Waals surface area (Å²) in [6.45, 7) is 5.58. The molecule has 0 aliphatic heterocycles. The zero-order chi connectivity index (χ0) is 12.6. The number of carbonyl (C=O) groups excluding carboxylic acids is 1. The Morgan fingerprint density at radius 1 is 1.12 bits per heavy atom. The van der Waals surface area contributed by atoms with Crippen molar-refractivity contribution >= 4 is 17.4 Å². The molecule has 0 atom stereocenters. The number of rotatable bonds is 2. The molecule has 1 aromatic heterocycles. The second-order valence-electron chi connectivity index (χ2n) is 4.19. The van der Waals surface area contributed by atoms with Gasteiger partial charge in [-0.15, -0.1) is 0 Å². The topological polar surface area (TPSA) is 30.2 Å². The average Bonchev–Trinajstić information content (AvgIpc) is 2.69. The van der Waals surface area contributed by atoms with Gasteiger partial charge in [-0.3, -0.25) is 4.79 Å². The number of aryl methyl sites for hydroxylation is 3. The summed E-state index contributed by atoms with van der Waals surface area (Å²) in [6, 6.07) is 5.38. The first-order chi connectivity index (χ1) is 7.99. The molecule has 88 valence electrons. The third-order valence-electron chi connectivity index (χ3n) is 2.74. The van der Waals surface area contributed by atoms with Crippen molar-refractivity contribution in [3.05, 3.63) is 57.5 Å². The predicted octanol–water partition coefficient (Wildman–Crippen LogP) is 4.09. The van der Waals surface area contributed by atoms with Crippen molar-refractivity contribution in [3.8, 4) is 0 Å². The summed E-state index contributed by atoms with van der Waals surface area (Å²) in [5.41, 5.74) is 3.03. The van der Waals surface area contributed by atoms with Crippen LogP contribution >= 0.6 is 11.6 Å². The zero-order valence-electron chi connectivity index (χ0n) is 10.0. The fourth-order valence-corrected chi connectivity index (χ4v) is 1.96. The van der Waals surface area contributed by atoms with Gasteiger partial charge in [0.25, 0.3) is 0 Å². The quantitative estimate of drug-likeness (QED) is 0.750. The number of hydrogen-bond donors (Lipinski definition) is 0. The van der Waals surface area contributed by atoms with Crippen LogP contribution < -0.4 is 0 Å². The molecule has 2 rings (SSSR count). The third kappa shape index (κ3) is 2.27. The molecular formula is C14H13ClO2. The molecular weight excluding hydrogens is 236 g/mol. The van der Waals surface area contributed by atoms with Crippen LogP contribution in [0.1, 0.15) is 32.8 Å². The highest BCUT2D eigenvalue weighted by Crippen LogP contribution is 2.23. The lowest BCUT2D eigenvalue weighted by Crippen LogP contribution is -2.03. The van der Waals surface area contributed by atoms with Gasteiger partial charge in [0.15, 0.2) is 5.78 Å². The third-order valence-corrected chi connectivity index (χ3v) is 3.15. The number of benzene rings is 1. The molecule has 2 aromatic rings. The highest BCUT2D eigenvalue weighted by molar-refractivity contribution is 6.31. The van der Waals surface area contributed by atoms with Crippen LogP contribution in [0.2, 0.25) is 5.02 Å². The largest absolute Gasteiger partial charge is 0.469 e. The number of halogens is 1. The smallest absolute Gasteiger partial charge is 0.196 e. The van der Waals surface area contributed by atoms with Crippen molar-refractivity contribution in [1.82, 2.24) is 0 Å². The second kappa shape index (κ2) is 4.38. The van der Waals surface area contributed by atoms with Crippen molar-refractivity contribution in [2.45, 2.75) is 20.8 Å². The van der Waals surface area contributed by atoms with Gasteiger partial charge in [-0.1, -0.05) is 11.6 Å². The van der Waals surface area contributed by atoms with E-state index in [2.05, 4.69) is 0 Å². The predicted molar refractivity (Wildman–Crippen MR) is 67.8 cm³/mol. The van der Waals surface area contributed by atoms with Gasteiger partial charge in [0.05, 0.1) is 5.56 Å². The minimum absolute atomic E-state index is 0.0286. The Labute approximate surface area is 105 Å². The van der Waals surface area contributed by atoms with E-state index in [4.69, 9.17) is 16.0 Å². The van der Waals surface area contributed by atoms with Crippen LogP contribution in [-0.2, 0) is 0 Å². The Morgan fingerprint density at radius 2 is 1.82 bits per heavy atom. The van der Waals surface area contributed by atoms with Crippen LogP contribution in [0.3, 0.4) is 0 Å². The highest BCUT2D eigenvalue weighted by Gasteiger charge is 2.15. The minimum atomic E-state index is -0.0286. The molecule has 0 spiro atoms. The maximum atomic E-state index is 12.2. The standard InChI is InChI=1S/C14H13ClO2/c1-8-5-13(15)9(2)4-12(8)14(16)11-6-10(3)17-7-11/h4-7H,1-3H3. The van der Waals surface area contributed by atoms with Gasteiger partial charge in [-0.25, -0.2) is 0 Å². The first-order valence-electron chi connectivity index (χ1n) is 5.35. The summed E-state index contributed by atoms with van der Waals surface area (Å²) in [4.78, 5) is 12.2. The number of carbonyl (C=O) groups is 1. The van der Waals surface area contributed by atoms with Gasteiger partial charge >= 0.3 is 0 Å². The minimum Gasteiger partial charge on any atom is -0.469 e. The van der Waals surface area contributed by atoms with Crippen molar-refractivity contribution in [2.75, 3.05) is 0 Å². The Hall–Kier alpha value is -1.54. The van der Waals surface area contributed by atoms with Gasteiger partial charge in [-0.2, -0.15) is 0 Å². The van der Waals surface area contributed by atoms with Crippen molar-refractivity contribution in [3.63, 3.8) is 0 Å². The van der Waals surface area contributed by atoms with Gasteiger partial charge < -0.3 is 4.42 Å². The molecule has 0 saturated carbocycles. The van der Waals surface area contributed by atoms with Crippen LogP contribution in [0.5, 0.6) is 0 Å². The van der Waals surface area contributed by atoms with E-state index in [1.807, 2.05) is 32.9 Å². The van der Waals surface area contributed by atoms with E-state index >= 15 is 0 Å². The molecule has 0 aliphatic rings. The molecule has 0 bridgehead atoms. The number of hydrogen-bond acceptors (Lipinski definition) is 2. The van der Waals surface area contributed by atoms with Crippen LogP contribution in [0, 0.1) is 20.8 Å². The maximum Gasteiger partial charge on any atom is 0.196 e. The first-order valence-corrected chi connectivity index (χ1v) is 5.73. The first kappa shape index (κ1) is 11.9. The van der Waals surface area contributed by atoms with E-state index in [0.717, 1.165) is 16.9 Å². The molecule has 0 N–H and O–H groups in total. The summed E-state index contributed by atoms with van der Waals surface area (Å²) in [5, 5.41) is 0.683. The molecule has 0 fully saturated rings. The van der Waals surface area contributed by atoms with E-state index in [1.54, 1.807) is 6.07 Å². The van der Waals surface area contributed by atoms with E-state index in [0.29, 0.717) is 16.1 Å². The van der Waals surface area contributed by atoms with Gasteiger partial charge in [0.1, 0.15) is 12.0 Å². The fraction of sp³-hybridized carbons (Fsp3) is 0.214. The van der Waals surface area contributed by atoms with Gasteiger partial charge in [0.2, 0.25) is 0 Å². The average molecular weight is 249 g/mol. The molecule has 1 aromatic carbocycles. The number of ketones is 1. The molecule has 2 nitrogen and oxygen atoms in total. The van der Waals surface area contributed by atoms with Crippen LogP contribution in [0.15, 0.2) is 28.9 Å². The SMILES string of the molecule is Cc1cc(C(=O)c2cc(C)c(Cl)cc2C)co1. The molecule has 0 saturated heterocycles. The van der Waals surface area contributed by atoms with E-state index in [-0.39, 0.29) is 5.78 Å². The Balaban J connectivity index is 2.47. The van der Waals surface area contributed by atoms with Gasteiger partial charge in [0, 0.05) is 10.6 Å². The summed E-state index contributed by atoms with van der Waals surface area (Å²) in [7, 11) is 0. The lowest BCUT2D eigenvalue weighted by atomic mass is 9.98. The fourth-order valence-electron chi connectivity index (χ4n) is 1.74. The van der Waals surface area contributed by atoms with Crippen molar-refractivity contribution in [1.29, 1.82) is 0 Å². The summed E-state index contributed by atoms with van der Waals surface area (Å²) >= 11 is 6.01.